The molecular weight excluding hydrogens is 392 g/mol. The summed E-state index contributed by atoms with van der Waals surface area (Å²) in [5, 5.41) is 18.5. The van der Waals surface area contributed by atoms with E-state index in [-0.39, 0.29) is 17.0 Å². The van der Waals surface area contributed by atoms with Gasteiger partial charge in [0.1, 0.15) is 5.60 Å². The van der Waals surface area contributed by atoms with Gasteiger partial charge in [-0.25, -0.2) is 0 Å². The molecule has 0 aliphatic heterocycles. The monoisotopic (exact) mass is 432 g/mol. The first-order valence-electron chi connectivity index (χ1n) is 11.8. The number of carboxylic acids is 1. The highest BCUT2D eigenvalue weighted by atomic mass is 16.4. The average Bonchev–Trinajstić information content (AvgIpc) is 2.95. The SMILES string of the molecule is CC(=O)O.CC(=O)[C@@]1(O)CC[C@H]2[C@@H]3C=C(C)C4=CC(=O)CC[C@@H]4[C@H]3CC[C@@]21C.CCC. The van der Waals surface area contributed by atoms with E-state index >= 15 is 0 Å². The Hall–Kier alpha value is -1.75. The summed E-state index contributed by atoms with van der Waals surface area (Å²) in [6.07, 6.45) is 10.6. The first-order chi connectivity index (χ1) is 14.4. The lowest BCUT2D eigenvalue weighted by Gasteiger charge is -2.54. The lowest BCUT2D eigenvalue weighted by molar-refractivity contribution is -0.155. The third-order valence-electron chi connectivity index (χ3n) is 7.95. The van der Waals surface area contributed by atoms with Crippen LogP contribution in [0, 0.1) is 29.1 Å². The van der Waals surface area contributed by atoms with Gasteiger partial charge in [0.25, 0.3) is 5.97 Å². The van der Waals surface area contributed by atoms with Gasteiger partial charge in [0, 0.05) is 18.8 Å². The number of hydrogen-bond acceptors (Lipinski definition) is 4. The van der Waals surface area contributed by atoms with Gasteiger partial charge in [0.2, 0.25) is 0 Å². The molecule has 174 valence electrons. The van der Waals surface area contributed by atoms with Crippen LogP contribution >= 0.6 is 0 Å². The molecule has 2 fully saturated rings. The second-order valence-corrected chi connectivity index (χ2v) is 10.0. The molecule has 0 saturated heterocycles. The topological polar surface area (TPSA) is 91.7 Å². The Morgan fingerprint density at radius 1 is 1.13 bits per heavy atom. The Labute approximate surface area is 187 Å². The van der Waals surface area contributed by atoms with Crippen molar-refractivity contribution in [2.75, 3.05) is 0 Å². The van der Waals surface area contributed by atoms with Crippen LogP contribution in [0.2, 0.25) is 0 Å². The molecule has 4 rings (SSSR count). The zero-order valence-corrected chi connectivity index (χ0v) is 20.0. The Morgan fingerprint density at radius 2 is 1.71 bits per heavy atom. The Balaban J connectivity index is 0.000000431. The smallest absolute Gasteiger partial charge is 0.300 e. The van der Waals surface area contributed by atoms with E-state index in [9.17, 15) is 14.7 Å². The first kappa shape index (κ1) is 25.5. The van der Waals surface area contributed by atoms with Crippen LogP contribution < -0.4 is 0 Å². The van der Waals surface area contributed by atoms with Gasteiger partial charge in [-0.05, 0) is 81.3 Å². The molecule has 0 radical (unpaired) electrons. The van der Waals surface area contributed by atoms with Crippen LogP contribution in [-0.4, -0.2) is 33.3 Å². The fourth-order valence-corrected chi connectivity index (χ4v) is 6.57. The van der Waals surface area contributed by atoms with Gasteiger partial charge in [-0.2, -0.15) is 0 Å². The van der Waals surface area contributed by atoms with Gasteiger partial charge in [-0.3, -0.25) is 14.4 Å². The van der Waals surface area contributed by atoms with E-state index in [2.05, 4.69) is 33.8 Å². The highest BCUT2D eigenvalue weighted by Gasteiger charge is 2.63. The van der Waals surface area contributed by atoms with Gasteiger partial charge in [-0.1, -0.05) is 38.8 Å². The minimum Gasteiger partial charge on any atom is -0.481 e. The summed E-state index contributed by atoms with van der Waals surface area (Å²) in [5.41, 5.74) is 1.05. The summed E-state index contributed by atoms with van der Waals surface area (Å²) < 4.78 is 0. The van der Waals surface area contributed by atoms with Crippen LogP contribution in [0.3, 0.4) is 0 Å². The van der Waals surface area contributed by atoms with Crippen LogP contribution in [0.15, 0.2) is 23.3 Å². The molecule has 5 nitrogen and oxygen atoms in total. The van der Waals surface area contributed by atoms with E-state index in [4.69, 9.17) is 9.90 Å². The third-order valence-corrected chi connectivity index (χ3v) is 7.95. The van der Waals surface area contributed by atoms with Crippen molar-refractivity contribution in [1.29, 1.82) is 0 Å². The number of carbonyl (C=O) groups excluding carboxylic acids is 2. The van der Waals surface area contributed by atoms with Gasteiger partial charge in [-0.15, -0.1) is 0 Å². The van der Waals surface area contributed by atoms with Crippen LogP contribution in [-0.2, 0) is 14.4 Å². The summed E-state index contributed by atoms with van der Waals surface area (Å²) >= 11 is 0. The molecule has 4 aliphatic carbocycles. The molecule has 0 amide bonds. The van der Waals surface area contributed by atoms with Crippen LogP contribution in [0.1, 0.15) is 86.5 Å². The fraction of sp³-hybridized carbons (Fsp3) is 0.731. The van der Waals surface area contributed by atoms with Crippen molar-refractivity contribution in [2.24, 2.45) is 29.1 Å². The number of carbonyl (C=O) groups is 3. The second kappa shape index (κ2) is 9.81. The molecule has 4 aliphatic rings. The largest absolute Gasteiger partial charge is 0.481 e. The van der Waals surface area contributed by atoms with Crippen LogP contribution in [0.25, 0.3) is 0 Å². The lowest BCUT2D eigenvalue weighted by Crippen LogP contribution is -2.55. The fourth-order valence-electron chi connectivity index (χ4n) is 6.57. The highest BCUT2D eigenvalue weighted by molar-refractivity contribution is 5.92. The molecule has 0 unspecified atom stereocenters. The highest BCUT2D eigenvalue weighted by Crippen LogP contribution is 2.64. The van der Waals surface area contributed by atoms with Crippen LogP contribution in [0.4, 0.5) is 0 Å². The maximum atomic E-state index is 12.2. The summed E-state index contributed by atoms with van der Waals surface area (Å²) in [5.74, 6) is 1.24. The predicted molar refractivity (Wildman–Crippen MR) is 122 cm³/mol. The van der Waals surface area contributed by atoms with Gasteiger partial charge in [0.05, 0.1) is 0 Å². The molecular formula is C26H40O5. The van der Waals surface area contributed by atoms with Crippen molar-refractivity contribution in [3.63, 3.8) is 0 Å². The Kier molecular flexibility index (Phi) is 8.07. The summed E-state index contributed by atoms with van der Waals surface area (Å²) in [4.78, 5) is 33.0. The summed E-state index contributed by atoms with van der Waals surface area (Å²) in [6, 6.07) is 0. The van der Waals surface area contributed by atoms with Gasteiger partial charge in [0.15, 0.2) is 11.6 Å². The third kappa shape index (κ3) is 4.72. The van der Waals surface area contributed by atoms with Crippen molar-refractivity contribution in [2.45, 2.75) is 92.1 Å². The Bertz CT molecular complexity index is 775. The molecule has 0 aromatic rings. The van der Waals surface area contributed by atoms with Crippen molar-refractivity contribution < 1.29 is 24.6 Å². The van der Waals surface area contributed by atoms with E-state index in [1.165, 1.54) is 17.6 Å². The van der Waals surface area contributed by atoms with Gasteiger partial charge < -0.3 is 10.2 Å². The molecule has 5 heteroatoms. The number of fused-ring (bicyclic) bond motifs is 5. The number of aliphatic hydroxyl groups is 1. The number of aliphatic carboxylic acids is 1. The number of Topliss-reactive ketones (excluding diaryl/α,β-unsaturated/α-hetero) is 1. The molecule has 2 N–H and O–H groups in total. The van der Waals surface area contributed by atoms with Crippen LogP contribution in [0.5, 0.6) is 0 Å². The number of allylic oxidation sites excluding steroid dienone is 4. The minimum atomic E-state index is -1.15. The summed E-state index contributed by atoms with van der Waals surface area (Å²) in [7, 11) is 0. The lowest BCUT2D eigenvalue weighted by atomic mass is 9.51. The first-order valence-corrected chi connectivity index (χ1v) is 11.8. The van der Waals surface area contributed by atoms with Crippen molar-refractivity contribution >= 4 is 17.5 Å². The van der Waals surface area contributed by atoms with E-state index in [1.54, 1.807) is 6.92 Å². The van der Waals surface area contributed by atoms with Crippen molar-refractivity contribution in [3.05, 3.63) is 23.3 Å². The second-order valence-electron chi connectivity index (χ2n) is 10.0. The van der Waals surface area contributed by atoms with E-state index in [1.807, 2.05) is 6.08 Å². The summed E-state index contributed by atoms with van der Waals surface area (Å²) in [6.45, 7) is 11.2. The number of rotatable bonds is 1. The molecule has 2 saturated carbocycles. The predicted octanol–water partition coefficient (Wildman–Crippen LogP) is 5.12. The average molecular weight is 433 g/mol. The molecule has 31 heavy (non-hydrogen) atoms. The van der Waals surface area contributed by atoms with Crippen molar-refractivity contribution in [1.82, 2.24) is 0 Å². The van der Waals surface area contributed by atoms with E-state index < -0.39 is 11.6 Å². The standard InChI is InChI=1S/C21H28O3.C3H8.C2H4O2/c1-12-10-18-16(15-5-4-14(23)11-17(12)15)6-8-20(3)19(18)7-9-21(20,24)13(2)22;1-3-2;1-2(3)4/h10-11,15-16,18-19,24H,4-9H2,1-3H3;3H2,1-2H3;1H3,(H,3,4)/t15-,16-,18-,19+,20+,21+;;/m1../s1. The molecule has 0 bridgehead atoms. The zero-order chi connectivity index (χ0) is 23.6. The minimum absolute atomic E-state index is 0.0636. The molecule has 0 aromatic carbocycles. The Morgan fingerprint density at radius 3 is 2.26 bits per heavy atom. The molecule has 0 spiro atoms. The zero-order valence-electron chi connectivity index (χ0n) is 20.0. The normalized spacial score (nSPS) is 38.0. The molecule has 0 heterocycles. The molecule has 6 atom stereocenters. The quantitative estimate of drug-likeness (QED) is 0.600. The number of ketones is 2. The maximum absolute atomic E-state index is 12.2. The number of carboxylic acid groups (broad SMARTS) is 1. The maximum Gasteiger partial charge on any atom is 0.300 e. The number of hydrogen-bond donors (Lipinski definition) is 2. The van der Waals surface area contributed by atoms with E-state index in [0.29, 0.717) is 36.5 Å². The van der Waals surface area contributed by atoms with Crippen molar-refractivity contribution in [3.8, 4) is 0 Å². The van der Waals surface area contributed by atoms with Gasteiger partial charge >= 0.3 is 0 Å². The molecule has 0 aromatic heterocycles. The van der Waals surface area contributed by atoms with E-state index in [0.717, 1.165) is 32.6 Å².